The molecule has 0 bridgehead atoms. The van der Waals surface area contributed by atoms with E-state index in [2.05, 4.69) is 17.6 Å². The van der Waals surface area contributed by atoms with Crippen molar-refractivity contribution in [2.24, 2.45) is 0 Å². The first-order chi connectivity index (χ1) is 12.2. The van der Waals surface area contributed by atoms with Crippen LogP contribution in [0.2, 0.25) is 0 Å². The fourth-order valence-electron chi connectivity index (χ4n) is 2.66. The number of nitrogens with one attached hydrogen (secondary N) is 2. The Bertz CT molecular complexity index is 685. The molecule has 1 aliphatic heterocycles. The van der Waals surface area contributed by atoms with Crippen molar-refractivity contribution in [3.8, 4) is 11.5 Å². The van der Waals surface area contributed by atoms with Gasteiger partial charge in [-0.25, -0.2) is 0 Å². The normalized spacial score (nSPS) is 14.6. The molecule has 0 saturated heterocycles. The second-order valence-electron chi connectivity index (χ2n) is 6.04. The quantitative estimate of drug-likeness (QED) is 0.808. The molecule has 6 heteroatoms. The molecular weight excluding hydrogens is 320 g/mol. The molecule has 0 unspecified atom stereocenters. The highest BCUT2D eigenvalue weighted by Gasteiger charge is 2.13. The van der Waals surface area contributed by atoms with Crippen LogP contribution in [0.5, 0.6) is 11.5 Å². The number of hydrogen-bond acceptors (Lipinski definition) is 5. The van der Waals surface area contributed by atoms with E-state index in [1.165, 1.54) is 0 Å². The average molecular weight is 344 g/mol. The van der Waals surface area contributed by atoms with E-state index >= 15 is 0 Å². The van der Waals surface area contributed by atoms with E-state index in [1.54, 1.807) is 12.3 Å². The molecular formula is C19H24N2O4. The summed E-state index contributed by atoms with van der Waals surface area (Å²) in [5.41, 5.74) is 1.11. The van der Waals surface area contributed by atoms with Crippen molar-refractivity contribution < 1.29 is 18.7 Å². The van der Waals surface area contributed by atoms with Crippen LogP contribution < -0.4 is 20.1 Å². The van der Waals surface area contributed by atoms with E-state index < -0.39 is 0 Å². The Morgan fingerprint density at radius 2 is 2.04 bits per heavy atom. The standard InChI is InChI=1S/C19H24N2O4/c1-14(15-5-6-17-18(12-15)25-11-3-10-24-17)20-8-7-19(22)21-13-16-4-2-9-23-16/h2,4-6,9,12,14,20H,3,7-8,10-11,13H2,1H3,(H,21,22)/t14-/m0/s1. The third-order valence-electron chi connectivity index (χ3n) is 4.11. The highest BCUT2D eigenvalue weighted by atomic mass is 16.5. The minimum atomic E-state index is -0.00485. The number of carbonyl (C=O) groups is 1. The topological polar surface area (TPSA) is 72.7 Å². The molecule has 1 aliphatic rings. The van der Waals surface area contributed by atoms with Crippen LogP contribution >= 0.6 is 0 Å². The molecule has 1 amide bonds. The van der Waals surface area contributed by atoms with E-state index in [1.807, 2.05) is 24.3 Å². The van der Waals surface area contributed by atoms with Crippen LogP contribution in [0.15, 0.2) is 41.0 Å². The van der Waals surface area contributed by atoms with Gasteiger partial charge in [0.2, 0.25) is 5.91 Å². The summed E-state index contributed by atoms with van der Waals surface area (Å²) < 4.78 is 16.6. The predicted octanol–water partition coefficient (Wildman–Crippen LogP) is 2.80. The minimum absolute atomic E-state index is 0.00485. The van der Waals surface area contributed by atoms with E-state index in [4.69, 9.17) is 13.9 Å². The summed E-state index contributed by atoms with van der Waals surface area (Å²) in [5, 5.41) is 6.20. The van der Waals surface area contributed by atoms with Gasteiger partial charge in [0.1, 0.15) is 5.76 Å². The first-order valence-corrected chi connectivity index (χ1v) is 8.64. The third kappa shape index (κ3) is 5.00. The Balaban J connectivity index is 1.43. The lowest BCUT2D eigenvalue weighted by Gasteiger charge is -2.16. The molecule has 1 aromatic heterocycles. The fourth-order valence-corrected chi connectivity index (χ4v) is 2.66. The summed E-state index contributed by atoms with van der Waals surface area (Å²) in [7, 11) is 0. The molecule has 3 rings (SSSR count). The molecule has 1 atom stereocenters. The van der Waals surface area contributed by atoms with Gasteiger partial charge < -0.3 is 24.5 Å². The van der Waals surface area contributed by atoms with Gasteiger partial charge in [-0.15, -0.1) is 0 Å². The van der Waals surface area contributed by atoms with Crippen LogP contribution in [0.3, 0.4) is 0 Å². The number of furan rings is 1. The van der Waals surface area contributed by atoms with Gasteiger partial charge in [-0.2, -0.15) is 0 Å². The molecule has 0 saturated carbocycles. The zero-order valence-electron chi connectivity index (χ0n) is 14.4. The molecule has 1 aromatic carbocycles. The highest BCUT2D eigenvalue weighted by molar-refractivity contribution is 5.75. The third-order valence-corrected chi connectivity index (χ3v) is 4.11. The van der Waals surface area contributed by atoms with Gasteiger partial charge in [-0.3, -0.25) is 4.79 Å². The predicted molar refractivity (Wildman–Crippen MR) is 93.6 cm³/mol. The number of carbonyl (C=O) groups excluding carboxylic acids is 1. The first kappa shape index (κ1) is 17.4. The van der Waals surface area contributed by atoms with Gasteiger partial charge in [0.15, 0.2) is 11.5 Å². The number of hydrogen-bond donors (Lipinski definition) is 2. The van der Waals surface area contributed by atoms with Crippen molar-refractivity contribution in [3.63, 3.8) is 0 Å². The summed E-state index contributed by atoms with van der Waals surface area (Å²) in [6.07, 6.45) is 2.90. The second-order valence-corrected chi connectivity index (χ2v) is 6.04. The molecule has 0 spiro atoms. The molecule has 2 heterocycles. The lowest BCUT2D eigenvalue weighted by Crippen LogP contribution is -2.28. The molecule has 0 fully saturated rings. The lowest BCUT2D eigenvalue weighted by atomic mass is 10.1. The molecule has 134 valence electrons. The average Bonchev–Trinajstić information content (AvgIpc) is 3.03. The molecule has 6 nitrogen and oxygen atoms in total. The van der Waals surface area contributed by atoms with Crippen LogP contribution in [0.1, 0.15) is 37.1 Å². The number of ether oxygens (including phenoxy) is 2. The monoisotopic (exact) mass is 344 g/mol. The minimum Gasteiger partial charge on any atom is -0.490 e. The van der Waals surface area contributed by atoms with Crippen molar-refractivity contribution in [1.29, 1.82) is 0 Å². The fraction of sp³-hybridized carbons (Fsp3) is 0.421. The molecule has 0 aliphatic carbocycles. The largest absolute Gasteiger partial charge is 0.490 e. The highest BCUT2D eigenvalue weighted by Crippen LogP contribution is 2.32. The molecule has 2 N–H and O–H groups in total. The van der Waals surface area contributed by atoms with Crippen LogP contribution in [0, 0.1) is 0 Å². The zero-order chi connectivity index (χ0) is 17.5. The van der Waals surface area contributed by atoms with Gasteiger partial charge >= 0.3 is 0 Å². The Labute approximate surface area is 147 Å². The second kappa shape index (κ2) is 8.58. The Morgan fingerprint density at radius 3 is 2.84 bits per heavy atom. The Morgan fingerprint density at radius 1 is 1.20 bits per heavy atom. The smallest absolute Gasteiger partial charge is 0.221 e. The van der Waals surface area contributed by atoms with E-state index in [0.29, 0.717) is 32.7 Å². The van der Waals surface area contributed by atoms with E-state index in [9.17, 15) is 4.79 Å². The van der Waals surface area contributed by atoms with Gasteiger partial charge in [-0.05, 0) is 36.8 Å². The van der Waals surface area contributed by atoms with Gasteiger partial charge in [-0.1, -0.05) is 6.07 Å². The van der Waals surface area contributed by atoms with Crippen molar-refractivity contribution in [2.45, 2.75) is 32.4 Å². The van der Waals surface area contributed by atoms with Crippen molar-refractivity contribution >= 4 is 5.91 Å². The summed E-state index contributed by atoms with van der Waals surface area (Å²) in [6, 6.07) is 9.75. The van der Waals surface area contributed by atoms with Gasteiger partial charge in [0, 0.05) is 25.4 Å². The van der Waals surface area contributed by atoms with Crippen LogP contribution in [-0.4, -0.2) is 25.7 Å². The van der Waals surface area contributed by atoms with Crippen LogP contribution in [-0.2, 0) is 11.3 Å². The SMILES string of the molecule is C[C@H](NCCC(=O)NCc1ccco1)c1ccc2c(c1)OCCCO2. The Hall–Kier alpha value is -2.47. The van der Waals surface area contributed by atoms with Crippen LogP contribution in [0.25, 0.3) is 0 Å². The summed E-state index contributed by atoms with van der Waals surface area (Å²) in [4.78, 5) is 11.9. The summed E-state index contributed by atoms with van der Waals surface area (Å²) in [6.45, 7) is 4.45. The van der Waals surface area contributed by atoms with Crippen LogP contribution in [0.4, 0.5) is 0 Å². The number of rotatable bonds is 7. The molecule has 0 radical (unpaired) electrons. The maximum atomic E-state index is 11.9. The van der Waals surface area contributed by atoms with Crippen molar-refractivity contribution in [1.82, 2.24) is 10.6 Å². The zero-order valence-corrected chi connectivity index (χ0v) is 14.4. The first-order valence-electron chi connectivity index (χ1n) is 8.64. The maximum absolute atomic E-state index is 11.9. The summed E-state index contributed by atoms with van der Waals surface area (Å²) >= 11 is 0. The number of fused-ring (bicyclic) bond motifs is 1. The van der Waals surface area contributed by atoms with Gasteiger partial charge in [0.25, 0.3) is 0 Å². The van der Waals surface area contributed by atoms with E-state index in [-0.39, 0.29) is 11.9 Å². The van der Waals surface area contributed by atoms with Crippen molar-refractivity contribution in [3.05, 3.63) is 47.9 Å². The Kier molecular flexibility index (Phi) is 5.95. The van der Waals surface area contributed by atoms with Gasteiger partial charge in [0.05, 0.1) is 26.0 Å². The number of benzene rings is 1. The molecule has 2 aromatic rings. The number of amides is 1. The van der Waals surface area contributed by atoms with E-state index in [0.717, 1.165) is 29.2 Å². The lowest BCUT2D eigenvalue weighted by molar-refractivity contribution is -0.121. The molecule has 25 heavy (non-hydrogen) atoms. The summed E-state index contributed by atoms with van der Waals surface area (Å²) in [5.74, 6) is 2.34. The maximum Gasteiger partial charge on any atom is 0.221 e. The van der Waals surface area contributed by atoms with Crippen molar-refractivity contribution in [2.75, 3.05) is 19.8 Å².